The Hall–Kier alpha value is -2.57. The molecule has 0 aliphatic carbocycles. The number of carbonyl (C=O) groups is 1. The summed E-state index contributed by atoms with van der Waals surface area (Å²) in [6.45, 7) is 5.04. The number of aryl methyl sites for hydroxylation is 2. The molecule has 5 nitrogen and oxygen atoms in total. The Morgan fingerprint density at radius 2 is 1.90 bits per heavy atom. The third kappa shape index (κ3) is 3.38. The van der Waals surface area contributed by atoms with E-state index in [1.165, 1.54) is 0 Å². The van der Waals surface area contributed by atoms with Crippen molar-refractivity contribution in [3.63, 3.8) is 0 Å². The van der Waals surface area contributed by atoms with Crippen LogP contribution in [-0.2, 0) is 4.74 Å². The summed E-state index contributed by atoms with van der Waals surface area (Å²) in [6.07, 6.45) is 3.92. The highest BCUT2D eigenvalue weighted by Gasteiger charge is 2.44. The summed E-state index contributed by atoms with van der Waals surface area (Å²) in [6, 6.07) is 11.4. The van der Waals surface area contributed by atoms with Crippen molar-refractivity contribution in [3.05, 3.63) is 74.6 Å². The predicted octanol–water partition coefficient (Wildman–Crippen LogP) is 4.86. The van der Waals surface area contributed by atoms with Crippen LogP contribution >= 0.6 is 11.8 Å². The molecule has 0 saturated carbocycles. The number of hydrogen-bond acceptors (Lipinski definition) is 5. The average Bonchev–Trinajstić information content (AvgIpc) is 3.35. The summed E-state index contributed by atoms with van der Waals surface area (Å²) in [5, 5.41) is 0.557. The third-order valence-corrected chi connectivity index (χ3v) is 7.01. The second-order valence-electron chi connectivity index (χ2n) is 8.40. The van der Waals surface area contributed by atoms with Gasteiger partial charge in [-0.25, -0.2) is 0 Å². The van der Waals surface area contributed by atoms with Crippen LogP contribution in [0.25, 0.3) is 11.0 Å². The fraction of sp³-hybridized carbons (Fsp3) is 0.360. The lowest BCUT2D eigenvalue weighted by Gasteiger charge is -2.27. The number of fused-ring (bicyclic) bond motifs is 2. The normalized spacial score (nSPS) is 20.6. The number of rotatable bonds is 4. The van der Waals surface area contributed by atoms with Crippen LogP contribution in [0.1, 0.15) is 51.7 Å². The maximum Gasteiger partial charge on any atom is 0.291 e. The Labute approximate surface area is 185 Å². The summed E-state index contributed by atoms with van der Waals surface area (Å²) in [4.78, 5) is 30.1. The van der Waals surface area contributed by atoms with Gasteiger partial charge >= 0.3 is 0 Å². The maximum absolute atomic E-state index is 13.7. The van der Waals surface area contributed by atoms with Crippen LogP contribution in [0.4, 0.5) is 0 Å². The number of thioether (sulfide) groups is 1. The SMILES string of the molecule is CSc1ccc([C@H]2c3c(oc4cc(C)cc(C)c4c3=O)C(=O)N2C[C@@H]2CCCO2)cc1. The Balaban J connectivity index is 1.71. The van der Waals surface area contributed by atoms with Gasteiger partial charge in [-0.1, -0.05) is 18.2 Å². The maximum atomic E-state index is 13.7. The van der Waals surface area contributed by atoms with Crippen molar-refractivity contribution in [1.82, 2.24) is 4.90 Å². The lowest BCUT2D eigenvalue weighted by Crippen LogP contribution is -2.36. The minimum Gasteiger partial charge on any atom is -0.450 e. The van der Waals surface area contributed by atoms with Gasteiger partial charge in [0.15, 0.2) is 5.43 Å². The van der Waals surface area contributed by atoms with Gasteiger partial charge in [-0.2, -0.15) is 0 Å². The van der Waals surface area contributed by atoms with Crippen molar-refractivity contribution in [1.29, 1.82) is 0 Å². The van der Waals surface area contributed by atoms with Crippen molar-refractivity contribution in [2.45, 2.75) is 43.7 Å². The average molecular weight is 436 g/mol. The fourth-order valence-electron chi connectivity index (χ4n) is 4.84. The Kier molecular flexibility index (Phi) is 5.15. The van der Waals surface area contributed by atoms with E-state index >= 15 is 0 Å². The highest BCUT2D eigenvalue weighted by atomic mass is 32.2. The van der Waals surface area contributed by atoms with Crippen molar-refractivity contribution < 1.29 is 13.9 Å². The van der Waals surface area contributed by atoms with E-state index in [-0.39, 0.29) is 23.2 Å². The molecule has 5 rings (SSSR count). The number of amides is 1. The van der Waals surface area contributed by atoms with Gasteiger partial charge in [-0.05, 0) is 67.8 Å². The van der Waals surface area contributed by atoms with Gasteiger partial charge in [0.05, 0.1) is 23.1 Å². The lowest BCUT2D eigenvalue weighted by molar-refractivity contribution is 0.0486. The first kappa shape index (κ1) is 20.3. The first-order chi connectivity index (χ1) is 15.0. The second kappa shape index (κ2) is 7.84. The van der Waals surface area contributed by atoms with E-state index in [0.717, 1.165) is 34.4 Å². The first-order valence-corrected chi connectivity index (χ1v) is 11.8. The zero-order valence-corrected chi connectivity index (χ0v) is 18.8. The lowest BCUT2D eigenvalue weighted by atomic mass is 9.97. The van der Waals surface area contributed by atoms with Gasteiger partial charge in [-0.3, -0.25) is 9.59 Å². The molecular weight excluding hydrogens is 410 g/mol. The van der Waals surface area contributed by atoms with Crippen LogP contribution in [0, 0.1) is 13.8 Å². The Morgan fingerprint density at radius 3 is 2.58 bits per heavy atom. The van der Waals surface area contributed by atoms with E-state index in [2.05, 4.69) is 0 Å². The molecule has 0 spiro atoms. The highest BCUT2D eigenvalue weighted by molar-refractivity contribution is 7.98. The van der Waals surface area contributed by atoms with Gasteiger partial charge in [0.1, 0.15) is 5.58 Å². The molecule has 0 unspecified atom stereocenters. The van der Waals surface area contributed by atoms with E-state index in [1.54, 1.807) is 16.7 Å². The van der Waals surface area contributed by atoms with Gasteiger partial charge in [0, 0.05) is 18.0 Å². The summed E-state index contributed by atoms with van der Waals surface area (Å²) < 4.78 is 11.9. The molecule has 1 fully saturated rings. The number of benzene rings is 2. The van der Waals surface area contributed by atoms with Crippen LogP contribution < -0.4 is 5.43 Å². The van der Waals surface area contributed by atoms with Crippen LogP contribution in [0.2, 0.25) is 0 Å². The van der Waals surface area contributed by atoms with E-state index in [4.69, 9.17) is 9.15 Å². The molecule has 1 aromatic heterocycles. The molecular formula is C25H25NO4S. The molecule has 160 valence electrons. The van der Waals surface area contributed by atoms with Gasteiger partial charge in [0.25, 0.3) is 5.91 Å². The minimum absolute atomic E-state index is 0.0141. The zero-order chi connectivity index (χ0) is 21.7. The van der Waals surface area contributed by atoms with Crippen LogP contribution in [0.15, 0.2) is 50.5 Å². The van der Waals surface area contributed by atoms with Crippen LogP contribution in [0.5, 0.6) is 0 Å². The summed E-state index contributed by atoms with van der Waals surface area (Å²) >= 11 is 1.66. The monoisotopic (exact) mass is 435 g/mol. The number of nitrogens with zero attached hydrogens (tertiary/aromatic N) is 1. The molecule has 6 heteroatoms. The van der Waals surface area contributed by atoms with E-state index < -0.39 is 6.04 Å². The van der Waals surface area contributed by atoms with Crippen molar-refractivity contribution >= 4 is 28.6 Å². The fourth-order valence-corrected chi connectivity index (χ4v) is 5.25. The first-order valence-electron chi connectivity index (χ1n) is 10.6. The van der Waals surface area contributed by atoms with Gasteiger partial charge in [-0.15, -0.1) is 11.8 Å². The summed E-state index contributed by atoms with van der Waals surface area (Å²) in [5.74, 6) is -0.0676. The van der Waals surface area contributed by atoms with Crippen molar-refractivity contribution in [2.24, 2.45) is 0 Å². The molecule has 31 heavy (non-hydrogen) atoms. The topological polar surface area (TPSA) is 59.8 Å². The van der Waals surface area contributed by atoms with E-state index in [1.807, 2.05) is 56.5 Å². The Morgan fingerprint density at radius 1 is 1.13 bits per heavy atom. The molecule has 1 amide bonds. The number of ether oxygens (including phenoxy) is 1. The molecule has 2 atom stereocenters. The summed E-state index contributed by atoms with van der Waals surface area (Å²) in [7, 11) is 0. The Bertz CT molecular complexity index is 1220. The van der Waals surface area contributed by atoms with E-state index in [0.29, 0.717) is 29.7 Å². The molecule has 0 N–H and O–H groups in total. The van der Waals surface area contributed by atoms with Crippen LogP contribution in [0.3, 0.4) is 0 Å². The highest BCUT2D eigenvalue weighted by Crippen LogP contribution is 2.39. The van der Waals surface area contributed by atoms with E-state index in [9.17, 15) is 9.59 Å². The molecule has 0 bridgehead atoms. The molecule has 2 aliphatic heterocycles. The van der Waals surface area contributed by atoms with Crippen molar-refractivity contribution in [3.8, 4) is 0 Å². The van der Waals surface area contributed by atoms with Crippen molar-refractivity contribution in [2.75, 3.05) is 19.4 Å². The molecule has 0 radical (unpaired) electrons. The molecule has 3 aromatic rings. The smallest absolute Gasteiger partial charge is 0.291 e. The van der Waals surface area contributed by atoms with Gasteiger partial charge in [0.2, 0.25) is 5.76 Å². The quantitative estimate of drug-likeness (QED) is 0.548. The zero-order valence-electron chi connectivity index (χ0n) is 17.9. The summed E-state index contributed by atoms with van der Waals surface area (Å²) in [5.41, 5.74) is 3.59. The minimum atomic E-state index is -0.469. The molecule has 3 heterocycles. The third-order valence-electron chi connectivity index (χ3n) is 6.27. The number of hydrogen-bond donors (Lipinski definition) is 0. The molecule has 2 aliphatic rings. The second-order valence-corrected chi connectivity index (χ2v) is 9.28. The van der Waals surface area contributed by atoms with Crippen LogP contribution in [-0.4, -0.2) is 36.3 Å². The number of carbonyl (C=O) groups excluding carboxylic acids is 1. The predicted molar refractivity (Wildman–Crippen MR) is 122 cm³/mol. The molecule has 1 saturated heterocycles. The molecule has 2 aromatic carbocycles. The standard InChI is InChI=1S/C25H25NO4S/c1-14-11-15(2)20-19(12-14)30-24-21(23(20)27)22(16-6-8-18(31-3)9-7-16)26(25(24)28)13-17-5-4-10-29-17/h6-9,11-12,17,22H,4-5,10,13H2,1-3H3/t17-,22-/m0/s1. The largest absolute Gasteiger partial charge is 0.450 e. The van der Waals surface area contributed by atoms with Gasteiger partial charge < -0.3 is 14.1 Å².